The lowest BCUT2D eigenvalue weighted by atomic mass is 9.86. The van der Waals surface area contributed by atoms with Crippen LogP contribution < -0.4 is 5.32 Å². The average Bonchev–Trinajstić information content (AvgIpc) is 3.04. The molecule has 3 aliphatic rings. The Morgan fingerprint density at radius 2 is 1.90 bits per heavy atom. The van der Waals surface area contributed by atoms with Crippen molar-refractivity contribution in [2.75, 3.05) is 5.75 Å². The predicted molar refractivity (Wildman–Crippen MR) is 114 cm³/mol. The highest BCUT2D eigenvalue weighted by molar-refractivity contribution is 8.14. The first-order valence-electron chi connectivity index (χ1n) is 10.5. The first-order chi connectivity index (χ1) is 13.9. The summed E-state index contributed by atoms with van der Waals surface area (Å²) in [4.78, 5) is 50.8. The van der Waals surface area contributed by atoms with E-state index in [0.717, 1.165) is 37.4 Å². The molecule has 2 heterocycles. The zero-order chi connectivity index (χ0) is 21.0. The monoisotopic (exact) mass is 442 g/mol. The number of carboxylic acid groups (broad SMARTS) is 1. The standard InChI is InChI=1S/C20H30N2O5S2/c1-12(23)29-16(11-13-5-3-2-4-6-13)18(24)21-14-9-10-28-17-8-7-15(20(26)27)22(17)19(14)25/h13-17H,2-11H2,1H3,(H,21,24)(H,26,27)/t14-,15-,16?,17-/m0/s1. The molecule has 9 heteroatoms. The van der Waals surface area contributed by atoms with Gasteiger partial charge in [0.1, 0.15) is 12.1 Å². The molecule has 1 unspecified atom stereocenters. The summed E-state index contributed by atoms with van der Waals surface area (Å²) in [7, 11) is 0. The Labute approximate surface area is 180 Å². The van der Waals surface area contributed by atoms with Crippen molar-refractivity contribution in [3.63, 3.8) is 0 Å². The summed E-state index contributed by atoms with van der Waals surface area (Å²) in [6.45, 7) is 1.46. The van der Waals surface area contributed by atoms with Crippen molar-refractivity contribution in [2.45, 2.75) is 87.4 Å². The zero-order valence-electron chi connectivity index (χ0n) is 16.8. The van der Waals surface area contributed by atoms with Gasteiger partial charge < -0.3 is 15.3 Å². The number of nitrogens with zero attached hydrogens (tertiary/aromatic N) is 1. The molecular formula is C20H30N2O5S2. The maximum absolute atomic E-state index is 13.1. The Balaban J connectivity index is 1.67. The fraction of sp³-hybridized carbons (Fsp3) is 0.800. The summed E-state index contributed by atoms with van der Waals surface area (Å²) in [6.07, 6.45) is 7.95. The molecular weight excluding hydrogens is 412 g/mol. The van der Waals surface area contributed by atoms with Crippen molar-refractivity contribution < 1.29 is 24.3 Å². The van der Waals surface area contributed by atoms with Crippen LogP contribution in [0.4, 0.5) is 0 Å². The van der Waals surface area contributed by atoms with Gasteiger partial charge in [-0.2, -0.15) is 0 Å². The highest BCUT2D eigenvalue weighted by Crippen LogP contribution is 2.36. The zero-order valence-corrected chi connectivity index (χ0v) is 18.4. The molecule has 29 heavy (non-hydrogen) atoms. The molecule has 1 saturated carbocycles. The van der Waals surface area contributed by atoms with Gasteiger partial charge in [0.05, 0.1) is 10.6 Å². The number of fused-ring (bicyclic) bond motifs is 1. The van der Waals surface area contributed by atoms with Crippen molar-refractivity contribution in [1.29, 1.82) is 0 Å². The maximum Gasteiger partial charge on any atom is 0.326 e. The van der Waals surface area contributed by atoms with Crippen LogP contribution >= 0.6 is 23.5 Å². The van der Waals surface area contributed by atoms with E-state index in [1.807, 2.05) is 0 Å². The number of thioether (sulfide) groups is 2. The lowest BCUT2D eigenvalue weighted by molar-refractivity contribution is -0.149. The van der Waals surface area contributed by atoms with Crippen LogP contribution in [0.2, 0.25) is 0 Å². The number of amides is 2. The van der Waals surface area contributed by atoms with Gasteiger partial charge in [0.25, 0.3) is 0 Å². The molecule has 2 saturated heterocycles. The third kappa shape index (κ3) is 5.69. The minimum Gasteiger partial charge on any atom is -0.480 e. The fourth-order valence-electron chi connectivity index (χ4n) is 4.64. The molecule has 2 aliphatic heterocycles. The Hall–Kier alpha value is -1.22. The Morgan fingerprint density at radius 3 is 2.55 bits per heavy atom. The van der Waals surface area contributed by atoms with E-state index in [0.29, 0.717) is 37.4 Å². The van der Waals surface area contributed by atoms with Gasteiger partial charge in [-0.05, 0) is 37.4 Å². The summed E-state index contributed by atoms with van der Waals surface area (Å²) in [5.74, 6) is -0.440. The first-order valence-corrected chi connectivity index (χ1v) is 12.4. The van der Waals surface area contributed by atoms with Gasteiger partial charge in [0.2, 0.25) is 11.8 Å². The lowest BCUT2D eigenvalue weighted by Gasteiger charge is -2.30. The molecule has 7 nitrogen and oxygen atoms in total. The number of nitrogens with one attached hydrogen (secondary N) is 1. The lowest BCUT2D eigenvalue weighted by Crippen LogP contribution is -2.53. The summed E-state index contributed by atoms with van der Waals surface area (Å²) in [6, 6.07) is -1.54. The van der Waals surface area contributed by atoms with Crippen LogP contribution in [0.15, 0.2) is 0 Å². The van der Waals surface area contributed by atoms with Gasteiger partial charge in [-0.1, -0.05) is 43.9 Å². The number of carbonyl (C=O) groups excluding carboxylic acids is 3. The van der Waals surface area contributed by atoms with Crippen molar-refractivity contribution in [3.8, 4) is 0 Å². The van der Waals surface area contributed by atoms with E-state index in [4.69, 9.17) is 0 Å². The number of carbonyl (C=O) groups is 4. The van der Waals surface area contributed by atoms with Gasteiger partial charge in [-0.25, -0.2) is 4.79 Å². The minimum atomic E-state index is -0.990. The van der Waals surface area contributed by atoms with E-state index in [1.165, 1.54) is 18.2 Å². The van der Waals surface area contributed by atoms with E-state index in [-0.39, 0.29) is 22.3 Å². The summed E-state index contributed by atoms with van der Waals surface area (Å²) < 4.78 is 0. The van der Waals surface area contributed by atoms with Gasteiger partial charge in [-0.15, -0.1) is 11.8 Å². The van der Waals surface area contributed by atoms with Crippen LogP contribution in [-0.2, 0) is 19.2 Å². The smallest absolute Gasteiger partial charge is 0.326 e. The number of hydrogen-bond acceptors (Lipinski definition) is 6. The van der Waals surface area contributed by atoms with Gasteiger partial charge in [-0.3, -0.25) is 14.4 Å². The van der Waals surface area contributed by atoms with Crippen LogP contribution in [-0.4, -0.2) is 61.4 Å². The number of rotatable bonds is 6. The molecule has 0 radical (unpaired) electrons. The second kappa shape index (κ2) is 10.2. The molecule has 0 spiro atoms. The fourth-order valence-corrected chi connectivity index (χ4v) is 6.94. The van der Waals surface area contributed by atoms with Crippen molar-refractivity contribution in [1.82, 2.24) is 10.2 Å². The number of carboxylic acids is 1. The largest absolute Gasteiger partial charge is 0.480 e. The van der Waals surface area contributed by atoms with Crippen LogP contribution in [0, 0.1) is 5.92 Å². The quantitative estimate of drug-likeness (QED) is 0.652. The summed E-state index contributed by atoms with van der Waals surface area (Å²) in [5, 5.41) is 11.6. The van der Waals surface area contributed by atoms with Gasteiger partial charge in [0.15, 0.2) is 5.12 Å². The second-order valence-corrected chi connectivity index (χ2v) is 10.9. The van der Waals surface area contributed by atoms with Crippen molar-refractivity contribution >= 4 is 46.4 Å². The molecule has 0 aromatic heterocycles. The molecule has 0 aromatic rings. The van der Waals surface area contributed by atoms with E-state index in [1.54, 1.807) is 11.8 Å². The topological polar surface area (TPSA) is 104 Å². The van der Waals surface area contributed by atoms with E-state index in [9.17, 15) is 24.3 Å². The Kier molecular flexibility index (Phi) is 7.90. The van der Waals surface area contributed by atoms with Gasteiger partial charge >= 0.3 is 5.97 Å². The predicted octanol–water partition coefficient (Wildman–Crippen LogP) is 2.63. The van der Waals surface area contributed by atoms with Crippen LogP contribution in [0.5, 0.6) is 0 Å². The van der Waals surface area contributed by atoms with Crippen LogP contribution in [0.25, 0.3) is 0 Å². The number of hydrogen-bond donors (Lipinski definition) is 2. The first kappa shape index (κ1) is 22.5. The maximum atomic E-state index is 13.1. The molecule has 0 bridgehead atoms. The average molecular weight is 443 g/mol. The van der Waals surface area contributed by atoms with Crippen LogP contribution in [0.1, 0.15) is 64.7 Å². The van der Waals surface area contributed by atoms with Crippen molar-refractivity contribution in [2.24, 2.45) is 5.92 Å². The second-order valence-electron chi connectivity index (χ2n) is 8.19. The molecule has 162 valence electrons. The molecule has 3 rings (SSSR count). The third-order valence-corrected chi connectivity index (χ3v) is 8.42. The molecule has 2 N–H and O–H groups in total. The summed E-state index contributed by atoms with van der Waals surface area (Å²) in [5.41, 5.74) is 0. The van der Waals surface area contributed by atoms with E-state index >= 15 is 0 Å². The van der Waals surface area contributed by atoms with Crippen LogP contribution in [0.3, 0.4) is 0 Å². The molecule has 1 aliphatic carbocycles. The molecule has 0 aromatic carbocycles. The normalized spacial score (nSPS) is 29.1. The van der Waals surface area contributed by atoms with Gasteiger partial charge in [0, 0.05) is 6.92 Å². The Bertz CT molecular complexity index is 653. The molecule has 3 fully saturated rings. The highest BCUT2D eigenvalue weighted by atomic mass is 32.2. The van der Waals surface area contributed by atoms with E-state index in [2.05, 4.69) is 5.32 Å². The Morgan fingerprint density at radius 1 is 1.17 bits per heavy atom. The minimum absolute atomic E-state index is 0.103. The molecule has 2 amide bonds. The summed E-state index contributed by atoms with van der Waals surface area (Å²) >= 11 is 2.64. The van der Waals surface area contributed by atoms with E-state index < -0.39 is 23.3 Å². The number of aliphatic carboxylic acids is 1. The SMILES string of the molecule is CC(=O)SC(CC1CCCCC1)C(=O)N[C@H]1CCS[C@H]2CC[C@@H](C(=O)O)N2C1=O. The third-order valence-electron chi connectivity index (χ3n) is 6.08. The van der Waals surface area contributed by atoms with Crippen molar-refractivity contribution in [3.05, 3.63) is 0 Å². The molecule has 4 atom stereocenters. The highest BCUT2D eigenvalue weighted by Gasteiger charge is 2.45.